The topological polar surface area (TPSA) is 95.4 Å². The molecule has 0 aromatic rings. The van der Waals surface area contributed by atoms with Gasteiger partial charge in [0, 0.05) is 6.42 Å². The van der Waals surface area contributed by atoms with Crippen LogP contribution >= 0.6 is 0 Å². The molecule has 0 spiro atoms. The van der Waals surface area contributed by atoms with Crippen molar-refractivity contribution in [2.24, 2.45) is 11.5 Å². The summed E-state index contributed by atoms with van der Waals surface area (Å²) in [6, 6.07) is -0.756. The molecule has 0 saturated heterocycles. The Labute approximate surface area is 83.8 Å². The molecule has 1 atom stereocenters. The zero-order valence-electron chi connectivity index (χ0n) is 8.49. The van der Waals surface area contributed by atoms with Crippen LogP contribution in [0.1, 0.15) is 32.6 Å². The lowest BCUT2D eigenvalue weighted by Crippen LogP contribution is -2.36. The summed E-state index contributed by atoms with van der Waals surface area (Å²) in [5.41, 5.74) is 10.3. The highest BCUT2D eigenvalue weighted by atomic mass is 16.5. The molecule has 0 bridgehead atoms. The molecule has 5 heteroatoms. The van der Waals surface area contributed by atoms with Crippen molar-refractivity contribution in [1.82, 2.24) is 0 Å². The van der Waals surface area contributed by atoms with Gasteiger partial charge in [0.2, 0.25) is 5.91 Å². The molecule has 4 N–H and O–H groups in total. The molecule has 14 heavy (non-hydrogen) atoms. The molecule has 82 valence electrons. The van der Waals surface area contributed by atoms with Gasteiger partial charge in [0.25, 0.3) is 0 Å². The Hall–Kier alpha value is -1.10. The van der Waals surface area contributed by atoms with Crippen LogP contribution in [0.2, 0.25) is 0 Å². The van der Waals surface area contributed by atoms with Gasteiger partial charge in [-0.25, -0.2) is 0 Å². The molecule has 0 unspecified atom stereocenters. The van der Waals surface area contributed by atoms with E-state index in [-0.39, 0.29) is 18.8 Å². The summed E-state index contributed by atoms with van der Waals surface area (Å²) in [6.07, 6.45) is 2.23. The first-order chi connectivity index (χ1) is 6.57. The Morgan fingerprint density at radius 2 is 2.07 bits per heavy atom. The van der Waals surface area contributed by atoms with Crippen LogP contribution in [0, 0.1) is 0 Å². The zero-order valence-corrected chi connectivity index (χ0v) is 8.49. The maximum atomic E-state index is 11.0. The SMILES string of the molecule is CCCCOC(=O)CC[C@H](N)C(N)=O. The lowest BCUT2D eigenvalue weighted by molar-refractivity contribution is -0.144. The second kappa shape index (κ2) is 7.32. The summed E-state index contributed by atoms with van der Waals surface area (Å²) in [5.74, 6) is -0.915. The van der Waals surface area contributed by atoms with Crippen LogP contribution in [0.5, 0.6) is 0 Å². The Bertz CT molecular complexity index is 194. The fraction of sp³-hybridized carbons (Fsp3) is 0.778. The van der Waals surface area contributed by atoms with Crippen LogP contribution in [-0.4, -0.2) is 24.5 Å². The summed E-state index contributed by atoms with van der Waals surface area (Å²) < 4.78 is 4.87. The maximum absolute atomic E-state index is 11.0. The number of carbonyl (C=O) groups is 2. The van der Waals surface area contributed by atoms with Crippen LogP contribution in [0.15, 0.2) is 0 Å². The largest absolute Gasteiger partial charge is 0.466 e. The van der Waals surface area contributed by atoms with E-state index in [0.29, 0.717) is 6.61 Å². The van der Waals surface area contributed by atoms with Crippen molar-refractivity contribution in [3.8, 4) is 0 Å². The van der Waals surface area contributed by atoms with Crippen LogP contribution in [-0.2, 0) is 14.3 Å². The normalized spacial score (nSPS) is 12.1. The van der Waals surface area contributed by atoms with Gasteiger partial charge >= 0.3 is 5.97 Å². The third-order valence-electron chi connectivity index (χ3n) is 1.79. The molecule has 0 aromatic carbocycles. The van der Waals surface area contributed by atoms with E-state index >= 15 is 0 Å². The molecule has 0 rings (SSSR count). The number of hydrogen-bond donors (Lipinski definition) is 2. The van der Waals surface area contributed by atoms with Crippen molar-refractivity contribution in [3.63, 3.8) is 0 Å². The Morgan fingerprint density at radius 3 is 2.57 bits per heavy atom. The third-order valence-corrected chi connectivity index (χ3v) is 1.79. The summed E-state index contributed by atoms with van der Waals surface area (Å²) in [4.78, 5) is 21.5. The van der Waals surface area contributed by atoms with E-state index in [9.17, 15) is 9.59 Å². The minimum atomic E-state index is -0.756. The highest BCUT2D eigenvalue weighted by Crippen LogP contribution is 1.98. The summed E-state index contributed by atoms with van der Waals surface area (Å²) in [7, 11) is 0. The van der Waals surface area contributed by atoms with Crippen molar-refractivity contribution in [3.05, 3.63) is 0 Å². The molecule has 0 aliphatic carbocycles. The lowest BCUT2D eigenvalue weighted by Gasteiger charge is -2.06. The van der Waals surface area contributed by atoms with Gasteiger partial charge in [-0.2, -0.15) is 0 Å². The summed E-state index contributed by atoms with van der Waals surface area (Å²) >= 11 is 0. The number of nitrogens with two attached hydrogens (primary N) is 2. The summed E-state index contributed by atoms with van der Waals surface area (Å²) in [6.45, 7) is 2.44. The highest BCUT2D eigenvalue weighted by molar-refractivity contribution is 5.80. The standard InChI is InChI=1S/C9H18N2O3/c1-2-3-6-14-8(12)5-4-7(10)9(11)13/h7H,2-6,10H2,1H3,(H2,11,13)/t7-/m0/s1. The van der Waals surface area contributed by atoms with Gasteiger partial charge in [0.1, 0.15) is 0 Å². The van der Waals surface area contributed by atoms with Crippen LogP contribution < -0.4 is 11.5 Å². The fourth-order valence-electron chi connectivity index (χ4n) is 0.818. The fourth-order valence-corrected chi connectivity index (χ4v) is 0.818. The van der Waals surface area contributed by atoms with Crippen LogP contribution in [0.4, 0.5) is 0 Å². The number of amides is 1. The minimum absolute atomic E-state index is 0.147. The molecule has 0 heterocycles. The quantitative estimate of drug-likeness (QED) is 0.446. The van der Waals surface area contributed by atoms with Gasteiger partial charge in [-0.3, -0.25) is 9.59 Å². The van der Waals surface area contributed by atoms with Crippen molar-refractivity contribution in [1.29, 1.82) is 0 Å². The van der Waals surface area contributed by atoms with Gasteiger partial charge < -0.3 is 16.2 Å². The highest BCUT2D eigenvalue weighted by Gasteiger charge is 2.11. The van der Waals surface area contributed by atoms with Gasteiger partial charge in [0.15, 0.2) is 0 Å². The first kappa shape index (κ1) is 12.9. The van der Waals surface area contributed by atoms with Gasteiger partial charge in [-0.05, 0) is 12.8 Å². The number of esters is 1. The van der Waals surface area contributed by atoms with E-state index in [1.54, 1.807) is 0 Å². The number of ether oxygens (including phenoxy) is 1. The molecule has 1 amide bonds. The predicted octanol–water partition coefficient (Wildman–Crippen LogP) is -0.0775. The van der Waals surface area contributed by atoms with E-state index in [1.807, 2.05) is 6.92 Å². The first-order valence-corrected chi connectivity index (χ1v) is 4.78. The van der Waals surface area contributed by atoms with Crippen LogP contribution in [0.3, 0.4) is 0 Å². The smallest absolute Gasteiger partial charge is 0.305 e. The molecular formula is C9H18N2O3. The molecular weight excluding hydrogens is 184 g/mol. The van der Waals surface area contributed by atoms with E-state index < -0.39 is 11.9 Å². The average molecular weight is 202 g/mol. The Morgan fingerprint density at radius 1 is 1.43 bits per heavy atom. The first-order valence-electron chi connectivity index (χ1n) is 4.78. The number of primary amides is 1. The molecule has 0 aromatic heterocycles. The lowest BCUT2D eigenvalue weighted by atomic mass is 10.1. The van der Waals surface area contributed by atoms with Gasteiger partial charge in [-0.15, -0.1) is 0 Å². The van der Waals surface area contributed by atoms with Gasteiger partial charge in [0.05, 0.1) is 12.6 Å². The average Bonchev–Trinajstić information content (AvgIpc) is 2.14. The van der Waals surface area contributed by atoms with E-state index in [1.165, 1.54) is 0 Å². The molecule has 0 fully saturated rings. The van der Waals surface area contributed by atoms with E-state index in [2.05, 4.69) is 0 Å². The van der Waals surface area contributed by atoms with Crippen molar-refractivity contribution in [2.45, 2.75) is 38.6 Å². The zero-order chi connectivity index (χ0) is 11.0. The number of hydrogen-bond acceptors (Lipinski definition) is 4. The molecule has 0 aliphatic rings. The van der Waals surface area contributed by atoms with E-state index in [4.69, 9.17) is 16.2 Å². The molecule has 0 aliphatic heterocycles. The monoisotopic (exact) mass is 202 g/mol. The third kappa shape index (κ3) is 6.42. The molecule has 0 radical (unpaired) electrons. The summed E-state index contributed by atoms with van der Waals surface area (Å²) in [5, 5.41) is 0. The number of carbonyl (C=O) groups excluding carboxylic acids is 2. The Balaban J connectivity index is 3.48. The molecule has 0 saturated carbocycles. The minimum Gasteiger partial charge on any atom is -0.466 e. The van der Waals surface area contributed by atoms with E-state index in [0.717, 1.165) is 12.8 Å². The van der Waals surface area contributed by atoms with Crippen molar-refractivity contribution in [2.75, 3.05) is 6.61 Å². The van der Waals surface area contributed by atoms with Crippen molar-refractivity contribution >= 4 is 11.9 Å². The second-order valence-electron chi connectivity index (χ2n) is 3.12. The van der Waals surface area contributed by atoms with Gasteiger partial charge in [-0.1, -0.05) is 13.3 Å². The number of unbranched alkanes of at least 4 members (excludes halogenated alkanes) is 1. The maximum Gasteiger partial charge on any atom is 0.305 e. The molecule has 5 nitrogen and oxygen atoms in total. The Kier molecular flexibility index (Phi) is 6.74. The number of rotatable bonds is 7. The predicted molar refractivity (Wildman–Crippen MR) is 52.3 cm³/mol. The second-order valence-corrected chi connectivity index (χ2v) is 3.12. The van der Waals surface area contributed by atoms with Crippen LogP contribution in [0.25, 0.3) is 0 Å². The van der Waals surface area contributed by atoms with Crippen molar-refractivity contribution < 1.29 is 14.3 Å².